The maximum Gasteiger partial charge on any atom is 0.417 e. The van der Waals surface area contributed by atoms with Crippen LogP contribution < -0.4 is 5.32 Å². The molecule has 7 heteroatoms. The van der Waals surface area contributed by atoms with Crippen LogP contribution >= 0.6 is 11.6 Å². The fourth-order valence-electron chi connectivity index (χ4n) is 4.43. The molecule has 3 nitrogen and oxygen atoms in total. The van der Waals surface area contributed by atoms with E-state index >= 15 is 0 Å². The highest BCUT2D eigenvalue weighted by Crippen LogP contribution is 2.46. The lowest BCUT2D eigenvalue weighted by Crippen LogP contribution is -2.51. The molecule has 0 aromatic heterocycles. The predicted molar refractivity (Wildman–Crippen MR) is 96.2 cm³/mol. The van der Waals surface area contributed by atoms with Gasteiger partial charge >= 0.3 is 6.18 Å². The second-order valence-electron chi connectivity index (χ2n) is 7.71. The van der Waals surface area contributed by atoms with Crippen LogP contribution in [0.25, 0.3) is 0 Å². The lowest BCUT2D eigenvalue weighted by atomic mass is 9.69. The third kappa shape index (κ3) is 4.19. The van der Waals surface area contributed by atoms with E-state index < -0.39 is 17.3 Å². The molecule has 146 valence electrons. The van der Waals surface area contributed by atoms with E-state index in [9.17, 15) is 18.3 Å². The molecule has 1 saturated heterocycles. The maximum atomic E-state index is 13.3. The zero-order valence-corrected chi connectivity index (χ0v) is 15.7. The van der Waals surface area contributed by atoms with E-state index in [4.69, 9.17) is 11.6 Å². The van der Waals surface area contributed by atoms with Crippen LogP contribution in [0.15, 0.2) is 18.2 Å². The highest BCUT2D eigenvalue weighted by Gasteiger charge is 2.43. The minimum absolute atomic E-state index is 0.0671. The highest BCUT2D eigenvalue weighted by molar-refractivity contribution is 6.31. The highest BCUT2D eigenvalue weighted by atomic mass is 35.5. The molecular weight excluding hydrogens is 365 g/mol. The summed E-state index contributed by atoms with van der Waals surface area (Å²) >= 11 is 5.76. The molecule has 2 aliphatic rings. The van der Waals surface area contributed by atoms with Gasteiger partial charge in [0.15, 0.2) is 0 Å². The molecule has 3 rings (SSSR count). The lowest BCUT2D eigenvalue weighted by molar-refractivity contribution is -0.137. The van der Waals surface area contributed by atoms with Crippen molar-refractivity contribution in [2.45, 2.75) is 49.9 Å². The normalized spacial score (nSPS) is 31.2. The Hall–Kier alpha value is -0.820. The van der Waals surface area contributed by atoms with Crippen molar-refractivity contribution in [3.63, 3.8) is 0 Å². The Labute approximate surface area is 157 Å². The third-order valence-electron chi connectivity index (χ3n) is 5.84. The summed E-state index contributed by atoms with van der Waals surface area (Å²) in [6.07, 6.45) is -0.655. The van der Waals surface area contributed by atoms with Crippen LogP contribution in [0, 0.1) is 5.92 Å². The SMILES string of the molecule is CN1CCNC(CC2CCCCC2(O)c2ccc(Cl)c(C(F)(F)F)c2)C1. The Balaban J connectivity index is 1.87. The van der Waals surface area contributed by atoms with Gasteiger partial charge < -0.3 is 15.3 Å². The topological polar surface area (TPSA) is 35.5 Å². The van der Waals surface area contributed by atoms with Crippen molar-refractivity contribution < 1.29 is 18.3 Å². The van der Waals surface area contributed by atoms with Gasteiger partial charge in [0.05, 0.1) is 16.2 Å². The average Bonchev–Trinajstić information content (AvgIpc) is 2.56. The van der Waals surface area contributed by atoms with Gasteiger partial charge in [-0.3, -0.25) is 0 Å². The third-order valence-corrected chi connectivity index (χ3v) is 6.16. The van der Waals surface area contributed by atoms with E-state index in [1.54, 1.807) is 6.07 Å². The number of likely N-dealkylation sites (N-methyl/N-ethyl adjacent to an activating group) is 1. The van der Waals surface area contributed by atoms with Crippen molar-refractivity contribution in [3.8, 4) is 0 Å². The molecule has 3 unspecified atom stereocenters. The number of nitrogens with zero attached hydrogens (tertiary/aromatic N) is 1. The van der Waals surface area contributed by atoms with Crippen molar-refractivity contribution >= 4 is 11.6 Å². The number of benzene rings is 1. The number of piperazine rings is 1. The Bertz CT molecular complexity index is 640. The molecule has 1 aliphatic heterocycles. The first-order valence-corrected chi connectivity index (χ1v) is 9.59. The predicted octanol–water partition coefficient (Wildman–Crippen LogP) is 4.03. The van der Waals surface area contributed by atoms with E-state index in [1.165, 1.54) is 6.07 Å². The van der Waals surface area contributed by atoms with Gasteiger partial charge in [0.1, 0.15) is 0 Å². The molecule has 2 N–H and O–H groups in total. The molecule has 1 aromatic carbocycles. The molecule has 2 fully saturated rings. The minimum atomic E-state index is -4.53. The molecule has 1 heterocycles. The van der Waals surface area contributed by atoms with Crippen molar-refractivity contribution in [2.75, 3.05) is 26.7 Å². The van der Waals surface area contributed by atoms with Crippen molar-refractivity contribution in [1.29, 1.82) is 0 Å². The molecular formula is C19H26ClF3N2O. The Kier molecular flexibility index (Phi) is 5.87. The van der Waals surface area contributed by atoms with E-state index in [0.717, 1.165) is 51.4 Å². The summed E-state index contributed by atoms with van der Waals surface area (Å²) in [7, 11) is 2.07. The van der Waals surface area contributed by atoms with Crippen LogP contribution in [0.5, 0.6) is 0 Å². The second kappa shape index (κ2) is 7.66. The molecule has 1 aromatic rings. The van der Waals surface area contributed by atoms with Gasteiger partial charge in [-0.1, -0.05) is 30.5 Å². The van der Waals surface area contributed by atoms with E-state index in [0.29, 0.717) is 12.0 Å². The average molecular weight is 391 g/mol. The van der Waals surface area contributed by atoms with Crippen LogP contribution in [0.3, 0.4) is 0 Å². The molecule has 0 spiro atoms. The number of hydrogen-bond acceptors (Lipinski definition) is 3. The lowest BCUT2D eigenvalue weighted by Gasteiger charge is -2.43. The molecule has 0 radical (unpaired) electrons. The van der Waals surface area contributed by atoms with Crippen LogP contribution in [-0.2, 0) is 11.8 Å². The molecule has 0 bridgehead atoms. The Morgan fingerprint density at radius 1 is 1.35 bits per heavy atom. The van der Waals surface area contributed by atoms with Crippen LogP contribution in [0.2, 0.25) is 5.02 Å². The molecule has 26 heavy (non-hydrogen) atoms. The summed E-state index contributed by atoms with van der Waals surface area (Å²) in [4.78, 5) is 2.24. The van der Waals surface area contributed by atoms with Gasteiger partial charge in [-0.2, -0.15) is 13.2 Å². The summed E-state index contributed by atoms with van der Waals surface area (Å²) in [5.41, 5.74) is -1.77. The Morgan fingerprint density at radius 2 is 2.12 bits per heavy atom. The van der Waals surface area contributed by atoms with Crippen LogP contribution in [0.4, 0.5) is 13.2 Å². The molecule has 3 atom stereocenters. The standard InChI is InChI=1S/C19H26ClF3N2O/c1-25-9-8-24-15(12-25)10-13-4-2-3-7-18(13,26)14-5-6-17(20)16(11-14)19(21,22)23/h5-6,11,13,15,24,26H,2-4,7-10,12H2,1H3. The zero-order chi connectivity index (χ0) is 18.9. The van der Waals surface area contributed by atoms with Crippen LogP contribution in [-0.4, -0.2) is 42.7 Å². The number of halogens is 4. The van der Waals surface area contributed by atoms with Gasteiger partial charge in [-0.15, -0.1) is 0 Å². The van der Waals surface area contributed by atoms with Crippen molar-refractivity contribution in [2.24, 2.45) is 5.92 Å². The van der Waals surface area contributed by atoms with Crippen LogP contribution in [0.1, 0.15) is 43.2 Å². The number of aliphatic hydroxyl groups is 1. The van der Waals surface area contributed by atoms with Crippen molar-refractivity contribution in [3.05, 3.63) is 34.3 Å². The first-order valence-electron chi connectivity index (χ1n) is 9.21. The fourth-order valence-corrected chi connectivity index (χ4v) is 4.65. The first kappa shape index (κ1) is 19.9. The minimum Gasteiger partial charge on any atom is -0.385 e. The molecule has 0 amide bonds. The second-order valence-corrected chi connectivity index (χ2v) is 8.12. The number of rotatable bonds is 3. The van der Waals surface area contributed by atoms with E-state index in [1.807, 2.05) is 0 Å². The summed E-state index contributed by atoms with van der Waals surface area (Å²) in [5, 5.41) is 14.6. The Morgan fingerprint density at radius 3 is 2.81 bits per heavy atom. The smallest absolute Gasteiger partial charge is 0.385 e. The zero-order valence-electron chi connectivity index (χ0n) is 14.9. The molecule has 1 aliphatic carbocycles. The first-order chi connectivity index (χ1) is 12.2. The monoisotopic (exact) mass is 390 g/mol. The van der Waals surface area contributed by atoms with Crippen molar-refractivity contribution in [1.82, 2.24) is 10.2 Å². The van der Waals surface area contributed by atoms with Gasteiger partial charge in [0.25, 0.3) is 0 Å². The van der Waals surface area contributed by atoms with E-state index in [2.05, 4.69) is 17.3 Å². The van der Waals surface area contributed by atoms with Gasteiger partial charge in [0.2, 0.25) is 0 Å². The number of nitrogens with one attached hydrogen (secondary N) is 1. The summed E-state index contributed by atoms with van der Waals surface area (Å²) in [5.74, 6) is -0.0671. The quantitative estimate of drug-likeness (QED) is 0.818. The van der Waals surface area contributed by atoms with Gasteiger partial charge in [-0.25, -0.2) is 0 Å². The largest absolute Gasteiger partial charge is 0.417 e. The molecule has 1 saturated carbocycles. The number of alkyl halides is 3. The maximum absolute atomic E-state index is 13.3. The summed E-state index contributed by atoms with van der Waals surface area (Å²) < 4.78 is 39.8. The van der Waals surface area contributed by atoms with Gasteiger partial charge in [-0.05, 0) is 49.9 Å². The number of hydrogen-bond donors (Lipinski definition) is 2. The fraction of sp³-hybridized carbons (Fsp3) is 0.684. The van der Waals surface area contributed by atoms with Gasteiger partial charge in [0, 0.05) is 25.7 Å². The summed E-state index contributed by atoms with van der Waals surface area (Å²) in [6.45, 7) is 2.77. The summed E-state index contributed by atoms with van der Waals surface area (Å²) in [6, 6.07) is 4.10. The van der Waals surface area contributed by atoms with E-state index in [-0.39, 0.29) is 17.0 Å².